The van der Waals surface area contributed by atoms with Crippen molar-refractivity contribution in [1.82, 2.24) is 10.2 Å². The van der Waals surface area contributed by atoms with E-state index in [0.29, 0.717) is 0 Å². The Morgan fingerprint density at radius 3 is 2.63 bits per heavy atom. The van der Waals surface area contributed by atoms with E-state index in [1.54, 1.807) is 0 Å². The van der Waals surface area contributed by atoms with Crippen LogP contribution in [0.2, 0.25) is 0 Å². The molecule has 2 fully saturated rings. The van der Waals surface area contributed by atoms with E-state index in [4.69, 9.17) is 4.74 Å². The molecule has 1 saturated carbocycles. The molecule has 1 heterocycles. The van der Waals surface area contributed by atoms with Gasteiger partial charge in [-0.15, -0.1) is 0 Å². The third kappa shape index (κ3) is 5.80. The van der Waals surface area contributed by atoms with Crippen LogP contribution in [0.25, 0.3) is 0 Å². The fourth-order valence-electron chi connectivity index (χ4n) is 3.66. The van der Waals surface area contributed by atoms with Crippen LogP contribution in [-0.4, -0.2) is 51.3 Å². The van der Waals surface area contributed by atoms with Crippen molar-refractivity contribution in [3.05, 3.63) is 0 Å². The molecule has 1 saturated heterocycles. The number of methoxy groups -OCH3 is 1. The summed E-state index contributed by atoms with van der Waals surface area (Å²) in [5.74, 6) is 1.72. The summed E-state index contributed by atoms with van der Waals surface area (Å²) in [5, 5.41) is 3.68. The normalized spacial score (nSPS) is 26.7. The molecule has 0 aromatic carbocycles. The zero-order chi connectivity index (χ0) is 13.3. The van der Waals surface area contributed by atoms with Gasteiger partial charge in [0.15, 0.2) is 0 Å². The van der Waals surface area contributed by atoms with Crippen LogP contribution in [0.3, 0.4) is 0 Å². The van der Waals surface area contributed by atoms with Crippen molar-refractivity contribution in [3.63, 3.8) is 0 Å². The number of rotatable bonds is 7. The molecule has 3 nitrogen and oxygen atoms in total. The summed E-state index contributed by atoms with van der Waals surface area (Å²) in [7, 11) is 1.82. The molecule has 0 spiro atoms. The van der Waals surface area contributed by atoms with Crippen molar-refractivity contribution >= 4 is 0 Å². The van der Waals surface area contributed by atoms with Gasteiger partial charge in [-0.1, -0.05) is 19.3 Å². The molecule has 1 N–H and O–H groups in total. The van der Waals surface area contributed by atoms with Gasteiger partial charge < -0.3 is 15.0 Å². The number of nitrogens with zero attached hydrogens (tertiary/aromatic N) is 1. The number of hydrogen-bond donors (Lipinski definition) is 1. The molecule has 2 aliphatic rings. The van der Waals surface area contributed by atoms with Gasteiger partial charge in [-0.05, 0) is 50.6 Å². The van der Waals surface area contributed by atoms with E-state index in [0.717, 1.165) is 25.0 Å². The topological polar surface area (TPSA) is 24.5 Å². The molecular weight excluding hydrogens is 236 g/mol. The smallest absolute Gasteiger partial charge is 0.0502 e. The summed E-state index contributed by atoms with van der Waals surface area (Å²) in [6.45, 7) is 7.08. The molecule has 1 atom stereocenters. The Balaban J connectivity index is 1.52. The Bertz CT molecular complexity index is 227. The van der Waals surface area contributed by atoms with Crippen molar-refractivity contribution < 1.29 is 4.74 Å². The fraction of sp³-hybridized carbons (Fsp3) is 1.00. The number of likely N-dealkylation sites (tertiary alicyclic amines) is 1. The van der Waals surface area contributed by atoms with Gasteiger partial charge in [-0.2, -0.15) is 0 Å². The molecule has 1 aliphatic heterocycles. The van der Waals surface area contributed by atoms with Gasteiger partial charge in [-0.25, -0.2) is 0 Å². The average Bonchev–Trinajstić information content (AvgIpc) is 2.46. The van der Waals surface area contributed by atoms with Crippen molar-refractivity contribution in [3.8, 4) is 0 Å². The van der Waals surface area contributed by atoms with Gasteiger partial charge in [0.25, 0.3) is 0 Å². The van der Waals surface area contributed by atoms with Crippen LogP contribution in [0.5, 0.6) is 0 Å². The molecule has 112 valence electrons. The summed E-state index contributed by atoms with van der Waals surface area (Å²) in [5.41, 5.74) is 0. The third-order valence-corrected chi connectivity index (χ3v) is 4.77. The number of ether oxygens (including phenoxy) is 1. The highest BCUT2D eigenvalue weighted by Gasteiger charge is 2.19. The first-order chi connectivity index (χ1) is 9.38. The van der Waals surface area contributed by atoms with Crippen molar-refractivity contribution in [2.45, 2.75) is 44.9 Å². The van der Waals surface area contributed by atoms with Crippen molar-refractivity contribution in [2.24, 2.45) is 11.8 Å². The number of hydrogen-bond acceptors (Lipinski definition) is 3. The van der Waals surface area contributed by atoms with Gasteiger partial charge in [0.1, 0.15) is 0 Å². The molecule has 0 amide bonds. The lowest BCUT2D eigenvalue weighted by Crippen LogP contribution is -2.41. The minimum Gasteiger partial charge on any atom is -0.384 e. The number of nitrogens with one attached hydrogen (secondary N) is 1. The second kappa shape index (κ2) is 8.93. The minimum absolute atomic E-state index is 0.761. The van der Waals surface area contributed by atoms with Crippen LogP contribution >= 0.6 is 0 Å². The van der Waals surface area contributed by atoms with Gasteiger partial charge in [0, 0.05) is 26.7 Å². The SMILES string of the molecule is COCC1CCCN(CCNCC2CCCCC2)C1. The maximum absolute atomic E-state index is 5.29. The molecule has 0 radical (unpaired) electrons. The summed E-state index contributed by atoms with van der Waals surface area (Å²) in [6.07, 6.45) is 9.97. The highest BCUT2D eigenvalue weighted by molar-refractivity contribution is 4.74. The monoisotopic (exact) mass is 268 g/mol. The van der Waals surface area contributed by atoms with Crippen molar-refractivity contribution in [1.29, 1.82) is 0 Å². The highest BCUT2D eigenvalue weighted by Crippen LogP contribution is 2.22. The maximum Gasteiger partial charge on any atom is 0.0502 e. The van der Waals surface area contributed by atoms with E-state index in [2.05, 4.69) is 10.2 Å². The lowest BCUT2D eigenvalue weighted by atomic mass is 9.89. The minimum atomic E-state index is 0.761. The largest absolute Gasteiger partial charge is 0.384 e. The molecule has 0 aromatic rings. The number of piperidine rings is 1. The maximum atomic E-state index is 5.29. The average molecular weight is 268 g/mol. The lowest BCUT2D eigenvalue weighted by Gasteiger charge is -2.32. The Kier molecular flexibility index (Phi) is 7.18. The predicted octanol–water partition coefficient (Wildman–Crippen LogP) is 2.51. The molecule has 1 aliphatic carbocycles. The molecule has 0 aromatic heterocycles. The third-order valence-electron chi connectivity index (χ3n) is 4.77. The lowest BCUT2D eigenvalue weighted by molar-refractivity contribution is 0.0909. The Labute approximate surface area is 119 Å². The first-order valence-electron chi connectivity index (χ1n) is 8.30. The molecule has 0 bridgehead atoms. The van der Waals surface area contributed by atoms with Crippen LogP contribution < -0.4 is 5.32 Å². The quantitative estimate of drug-likeness (QED) is 0.718. The van der Waals surface area contributed by atoms with Gasteiger partial charge in [0.05, 0.1) is 6.61 Å². The Morgan fingerprint density at radius 1 is 1.05 bits per heavy atom. The molecular formula is C16H32N2O. The van der Waals surface area contributed by atoms with Gasteiger partial charge in [0.2, 0.25) is 0 Å². The Hall–Kier alpha value is -0.120. The summed E-state index contributed by atoms with van der Waals surface area (Å²) in [6, 6.07) is 0. The standard InChI is InChI=1S/C16H32N2O/c1-19-14-16-8-5-10-18(13-16)11-9-17-12-15-6-3-2-4-7-15/h15-17H,2-14H2,1H3. The molecule has 19 heavy (non-hydrogen) atoms. The van der Waals surface area contributed by atoms with E-state index < -0.39 is 0 Å². The first-order valence-corrected chi connectivity index (χ1v) is 8.30. The first kappa shape index (κ1) is 15.3. The summed E-state index contributed by atoms with van der Waals surface area (Å²) >= 11 is 0. The van der Waals surface area contributed by atoms with Crippen LogP contribution in [-0.2, 0) is 4.74 Å². The van der Waals surface area contributed by atoms with Crippen molar-refractivity contribution in [2.75, 3.05) is 46.4 Å². The van der Waals surface area contributed by atoms with Crippen LogP contribution in [0.1, 0.15) is 44.9 Å². The van der Waals surface area contributed by atoms with Crippen LogP contribution in [0, 0.1) is 11.8 Å². The highest BCUT2D eigenvalue weighted by atomic mass is 16.5. The van der Waals surface area contributed by atoms with E-state index in [9.17, 15) is 0 Å². The van der Waals surface area contributed by atoms with E-state index >= 15 is 0 Å². The summed E-state index contributed by atoms with van der Waals surface area (Å²) in [4.78, 5) is 2.61. The van der Waals surface area contributed by atoms with E-state index in [1.807, 2.05) is 7.11 Å². The summed E-state index contributed by atoms with van der Waals surface area (Å²) < 4.78 is 5.29. The van der Waals surface area contributed by atoms with Gasteiger partial charge in [-0.3, -0.25) is 0 Å². The molecule has 1 unspecified atom stereocenters. The fourth-order valence-corrected chi connectivity index (χ4v) is 3.66. The predicted molar refractivity (Wildman–Crippen MR) is 80.5 cm³/mol. The van der Waals surface area contributed by atoms with Crippen LogP contribution in [0.4, 0.5) is 0 Å². The van der Waals surface area contributed by atoms with Gasteiger partial charge >= 0.3 is 0 Å². The zero-order valence-electron chi connectivity index (χ0n) is 12.7. The second-order valence-corrected chi connectivity index (χ2v) is 6.47. The molecule has 3 heteroatoms. The van der Waals surface area contributed by atoms with Crippen LogP contribution in [0.15, 0.2) is 0 Å². The van der Waals surface area contributed by atoms with E-state index in [1.165, 1.54) is 71.1 Å². The van der Waals surface area contributed by atoms with E-state index in [-0.39, 0.29) is 0 Å². The Morgan fingerprint density at radius 2 is 1.84 bits per heavy atom. The molecule has 2 rings (SSSR count). The second-order valence-electron chi connectivity index (χ2n) is 6.47. The zero-order valence-corrected chi connectivity index (χ0v) is 12.7.